The van der Waals surface area contributed by atoms with Crippen LogP contribution in [0, 0.1) is 0 Å². The maximum absolute atomic E-state index is 13.0. The van der Waals surface area contributed by atoms with Crippen LogP contribution in [0.1, 0.15) is 40.6 Å². The Balaban J connectivity index is 1.56. The summed E-state index contributed by atoms with van der Waals surface area (Å²) in [6, 6.07) is 5.42. The molecule has 3 aromatic rings. The van der Waals surface area contributed by atoms with Gasteiger partial charge in [0.1, 0.15) is 5.69 Å². The van der Waals surface area contributed by atoms with E-state index in [-0.39, 0.29) is 16.8 Å². The van der Waals surface area contributed by atoms with E-state index in [0.717, 1.165) is 24.5 Å². The van der Waals surface area contributed by atoms with Gasteiger partial charge in [-0.05, 0) is 37.1 Å². The smallest absolute Gasteiger partial charge is 0.388 e. The van der Waals surface area contributed by atoms with Crippen molar-refractivity contribution in [3.8, 4) is 17.1 Å². The van der Waals surface area contributed by atoms with Crippen LogP contribution in [0.2, 0.25) is 0 Å². The van der Waals surface area contributed by atoms with Crippen molar-refractivity contribution in [3.05, 3.63) is 59.7 Å². The molecule has 1 amide bonds. The third-order valence-corrected chi connectivity index (χ3v) is 4.90. The van der Waals surface area contributed by atoms with E-state index < -0.39 is 36.1 Å². The number of hydrogen-bond donors (Lipinski definition) is 1. The molecule has 0 aliphatic carbocycles. The van der Waals surface area contributed by atoms with Crippen molar-refractivity contribution in [2.75, 3.05) is 0 Å². The molecule has 3 aromatic heterocycles. The van der Waals surface area contributed by atoms with Crippen LogP contribution in [0.25, 0.3) is 11.3 Å². The topological polar surface area (TPSA) is 81.9 Å². The molecule has 0 bridgehead atoms. The number of amides is 1. The van der Waals surface area contributed by atoms with Crippen molar-refractivity contribution in [1.82, 2.24) is 25.1 Å². The fraction of sp³-hybridized carbons (Fsp3) is 0.300. The van der Waals surface area contributed by atoms with Gasteiger partial charge in [0.15, 0.2) is 0 Å². The number of fused-ring (bicyclic) bond motifs is 1. The molecule has 0 aromatic carbocycles. The first-order valence-electron chi connectivity index (χ1n) is 9.63. The molecule has 0 saturated carbocycles. The van der Waals surface area contributed by atoms with E-state index in [2.05, 4.69) is 25.1 Å². The quantitative estimate of drug-likeness (QED) is 0.566. The molecule has 1 atom stereocenters. The number of carbonyl (C=O) groups excluding carboxylic acids is 1. The first kappa shape index (κ1) is 22.6. The van der Waals surface area contributed by atoms with E-state index in [1.807, 2.05) is 0 Å². The van der Waals surface area contributed by atoms with Crippen molar-refractivity contribution in [2.24, 2.45) is 0 Å². The number of rotatable bonds is 4. The summed E-state index contributed by atoms with van der Waals surface area (Å²) in [6.45, 7) is 0.498. The fourth-order valence-electron chi connectivity index (χ4n) is 3.48. The zero-order valence-corrected chi connectivity index (χ0v) is 16.6. The average Bonchev–Trinajstić information content (AvgIpc) is 3.18. The predicted molar refractivity (Wildman–Crippen MR) is 101 cm³/mol. The minimum absolute atomic E-state index is 0.0925. The Labute approximate surface area is 182 Å². The first-order valence-corrected chi connectivity index (χ1v) is 9.63. The number of aromatic nitrogens is 4. The Morgan fingerprint density at radius 2 is 1.82 bits per heavy atom. The summed E-state index contributed by atoms with van der Waals surface area (Å²) < 4.78 is 81.5. The van der Waals surface area contributed by atoms with Crippen molar-refractivity contribution >= 4 is 5.91 Å². The van der Waals surface area contributed by atoms with E-state index in [4.69, 9.17) is 0 Å². The molecule has 33 heavy (non-hydrogen) atoms. The molecule has 0 fully saturated rings. The largest absolute Gasteiger partial charge is 0.574 e. The lowest BCUT2D eigenvalue weighted by molar-refractivity contribution is -0.276. The number of halogens is 6. The summed E-state index contributed by atoms with van der Waals surface area (Å²) >= 11 is 0. The molecule has 0 spiro atoms. The van der Waals surface area contributed by atoms with Gasteiger partial charge in [-0.2, -0.15) is 18.3 Å². The standard InChI is InChI=1S/C20H15F6N5O2/c21-19(22,23)16-8-11(3-5-27-16)14-10-15-13(2-1-7-31(15)30-14)29-18(32)12-4-6-28-17(9-12)33-20(24,25)26/h3-6,8-10,13H,1-2,7H2,(H,29,32). The second-order valence-corrected chi connectivity index (χ2v) is 7.20. The highest BCUT2D eigenvalue weighted by Gasteiger charge is 2.34. The summed E-state index contributed by atoms with van der Waals surface area (Å²) in [5, 5.41) is 7.07. The highest BCUT2D eigenvalue weighted by molar-refractivity contribution is 5.94. The maximum Gasteiger partial charge on any atom is 0.574 e. The Bertz CT molecular complexity index is 1170. The van der Waals surface area contributed by atoms with Crippen LogP contribution >= 0.6 is 0 Å². The predicted octanol–water partition coefficient (Wildman–Crippen LogP) is 4.52. The molecule has 4 heterocycles. The second kappa shape index (κ2) is 8.37. The Hall–Kier alpha value is -3.64. The van der Waals surface area contributed by atoms with Crippen molar-refractivity contribution in [1.29, 1.82) is 0 Å². The third-order valence-electron chi connectivity index (χ3n) is 4.90. The second-order valence-electron chi connectivity index (χ2n) is 7.20. The molecule has 174 valence electrons. The SMILES string of the molecule is O=C(NC1CCCn2nc(-c3ccnc(C(F)(F)F)c3)cc21)c1ccnc(OC(F)(F)F)c1. The molecule has 7 nitrogen and oxygen atoms in total. The number of alkyl halides is 6. The van der Waals surface area contributed by atoms with Gasteiger partial charge in [-0.25, -0.2) is 4.98 Å². The van der Waals surface area contributed by atoms with E-state index in [1.165, 1.54) is 12.1 Å². The van der Waals surface area contributed by atoms with Crippen molar-refractivity contribution < 1.29 is 35.9 Å². The normalized spacial score (nSPS) is 16.2. The number of ether oxygens (including phenoxy) is 1. The van der Waals surface area contributed by atoms with Crippen LogP contribution in [0.4, 0.5) is 26.3 Å². The molecular weight excluding hydrogens is 456 g/mol. The Morgan fingerprint density at radius 1 is 1.06 bits per heavy atom. The summed E-state index contributed by atoms with van der Waals surface area (Å²) in [7, 11) is 0. The van der Waals surface area contributed by atoms with Crippen LogP contribution in [0.15, 0.2) is 42.7 Å². The lowest BCUT2D eigenvalue weighted by Gasteiger charge is -2.24. The van der Waals surface area contributed by atoms with Crippen LogP contribution in [-0.2, 0) is 12.7 Å². The minimum atomic E-state index is -4.95. The fourth-order valence-corrected chi connectivity index (χ4v) is 3.48. The molecule has 0 radical (unpaired) electrons. The average molecular weight is 471 g/mol. The highest BCUT2D eigenvalue weighted by atomic mass is 19.4. The number of pyridine rings is 2. The number of aryl methyl sites for hydroxylation is 1. The summed E-state index contributed by atoms with van der Waals surface area (Å²) in [5.41, 5.74) is -0.0811. The first-order chi connectivity index (χ1) is 15.5. The van der Waals surface area contributed by atoms with Gasteiger partial charge in [0.05, 0.1) is 17.4 Å². The van der Waals surface area contributed by atoms with Gasteiger partial charge in [0, 0.05) is 36.1 Å². The lowest BCUT2D eigenvalue weighted by atomic mass is 10.0. The Kier molecular flexibility index (Phi) is 5.72. The van der Waals surface area contributed by atoms with Gasteiger partial charge in [-0.3, -0.25) is 14.5 Å². The molecular formula is C20H15F6N5O2. The molecule has 4 rings (SSSR count). The molecule has 1 unspecified atom stereocenters. The van der Waals surface area contributed by atoms with E-state index >= 15 is 0 Å². The lowest BCUT2D eigenvalue weighted by Crippen LogP contribution is -2.32. The highest BCUT2D eigenvalue weighted by Crippen LogP contribution is 2.33. The number of carbonyl (C=O) groups is 1. The molecule has 1 aliphatic rings. The van der Waals surface area contributed by atoms with Gasteiger partial charge in [-0.1, -0.05) is 0 Å². The molecule has 1 aliphatic heterocycles. The Morgan fingerprint density at radius 3 is 2.55 bits per heavy atom. The third kappa shape index (κ3) is 5.23. The van der Waals surface area contributed by atoms with Crippen molar-refractivity contribution in [2.45, 2.75) is 38.0 Å². The van der Waals surface area contributed by atoms with E-state index in [1.54, 1.807) is 10.7 Å². The van der Waals surface area contributed by atoms with Crippen LogP contribution < -0.4 is 10.1 Å². The number of nitrogens with zero attached hydrogens (tertiary/aromatic N) is 4. The molecule has 13 heteroatoms. The van der Waals surface area contributed by atoms with E-state index in [9.17, 15) is 31.1 Å². The van der Waals surface area contributed by atoms with E-state index in [0.29, 0.717) is 25.1 Å². The molecule has 1 N–H and O–H groups in total. The van der Waals surface area contributed by atoms with Crippen LogP contribution in [0.3, 0.4) is 0 Å². The van der Waals surface area contributed by atoms with Gasteiger partial charge in [-0.15, -0.1) is 13.2 Å². The summed E-state index contributed by atoms with van der Waals surface area (Å²) in [4.78, 5) is 19.4. The number of hydrogen-bond acceptors (Lipinski definition) is 5. The van der Waals surface area contributed by atoms with Gasteiger partial charge < -0.3 is 10.1 Å². The zero-order valence-electron chi connectivity index (χ0n) is 16.6. The minimum Gasteiger partial charge on any atom is -0.388 e. The summed E-state index contributed by atoms with van der Waals surface area (Å²) in [6.07, 6.45) is -6.36. The monoisotopic (exact) mass is 471 g/mol. The molecule has 0 saturated heterocycles. The van der Waals surface area contributed by atoms with Crippen molar-refractivity contribution in [3.63, 3.8) is 0 Å². The maximum atomic E-state index is 13.0. The zero-order chi connectivity index (χ0) is 23.8. The van der Waals surface area contributed by atoms with Gasteiger partial charge >= 0.3 is 12.5 Å². The van der Waals surface area contributed by atoms with Crippen LogP contribution in [-0.4, -0.2) is 32.0 Å². The summed E-state index contributed by atoms with van der Waals surface area (Å²) in [5.74, 6) is -1.43. The van der Waals surface area contributed by atoms with Gasteiger partial charge in [0.25, 0.3) is 5.91 Å². The van der Waals surface area contributed by atoms with Crippen LogP contribution in [0.5, 0.6) is 5.88 Å². The number of nitrogens with one attached hydrogen (secondary N) is 1. The van der Waals surface area contributed by atoms with Gasteiger partial charge in [0.2, 0.25) is 5.88 Å².